The van der Waals surface area contributed by atoms with Gasteiger partial charge in [-0.2, -0.15) is 12.4 Å². The lowest BCUT2D eigenvalue weighted by Crippen LogP contribution is -2.57. The minimum atomic E-state index is -3.58. The van der Waals surface area contributed by atoms with E-state index >= 15 is 0 Å². The highest BCUT2D eigenvalue weighted by atomic mass is 32.2. The summed E-state index contributed by atoms with van der Waals surface area (Å²) in [5, 5.41) is 0. The zero-order valence-electron chi connectivity index (χ0n) is 13.2. The molecule has 0 amide bonds. The Morgan fingerprint density at radius 3 is 1.79 bits per heavy atom. The minimum absolute atomic E-state index is 0.154. The van der Waals surface area contributed by atoms with Crippen molar-refractivity contribution in [3.05, 3.63) is 0 Å². The molecule has 0 radical (unpaired) electrons. The number of rotatable bonds is 5. The molecule has 0 spiro atoms. The first-order valence-electron chi connectivity index (χ1n) is 7.19. The van der Waals surface area contributed by atoms with Crippen molar-refractivity contribution in [2.45, 2.75) is 77.4 Å². The summed E-state index contributed by atoms with van der Waals surface area (Å²) < 4.78 is 32.6. The first kappa shape index (κ1) is 17.4. The van der Waals surface area contributed by atoms with E-state index < -0.39 is 26.9 Å². The van der Waals surface area contributed by atoms with Gasteiger partial charge in [0.15, 0.2) is 0 Å². The van der Waals surface area contributed by atoms with Gasteiger partial charge in [0, 0.05) is 6.04 Å². The second-order valence-electron chi connectivity index (χ2n) is 7.41. The van der Waals surface area contributed by atoms with Gasteiger partial charge in [0.1, 0.15) is 8.24 Å². The molecule has 0 bridgehead atoms. The van der Waals surface area contributed by atoms with Gasteiger partial charge in [0.05, 0.1) is 0 Å². The van der Waals surface area contributed by atoms with Gasteiger partial charge in [-0.05, 0) is 32.5 Å². The second-order valence-corrected chi connectivity index (χ2v) is 18.7. The van der Waals surface area contributed by atoms with Crippen molar-refractivity contribution in [2.75, 3.05) is 0 Å². The van der Waals surface area contributed by atoms with E-state index in [1.165, 1.54) is 6.42 Å². The average molecular weight is 324 g/mol. The van der Waals surface area contributed by atoms with Crippen LogP contribution in [0.3, 0.4) is 0 Å². The fourth-order valence-corrected chi connectivity index (χ4v) is 10.5. The van der Waals surface area contributed by atoms with Crippen LogP contribution in [0.5, 0.6) is 0 Å². The largest absolute Gasteiger partial charge is 0.322 e. The fourth-order valence-electron chi connectivity index (χ4n) is 2.74. The van der Waals surface area contributed by atoms with Crippen LogP contribution in [0, 0.1) is 0 Å². The molecule has 0 saturated heterocycles. The van der Waals surface area contributed by atoms with Crippen molar-refractivity contribution in [1.82, 2.24) is 3.97 Å². The Hall–Kier alpha value is 0.304. The Morgan fingerprint density at radius 2 is 1.42 bits per heavy atom. The molecule has 0 N–H and O–H groups in total. The zero-order chi connectivity index (χ0) is 14.9. The molecule has 1 aliphatic carbocycles. The Labute approximate surface area is 121 Å². The topological polar surface area (TPSA) is 46.6 Å². The first-order valence-corrected chi connectivity index (χ1v) is 15.4. The van der Waals surface area contributed by atoms with Gasteiger partial charge in [0.25, 0.3) is 0 Å². The third-order valence-corrected chi connectivity index (χ3v) is 10.8. The van der Waals surface area contributed by atoms with Crippen LogP contribution in [0.4, 0.5) is 0 Å². The molecule has 4 nitrogen and oxygen atoms in total. The van der Waals surface area contributed by atoms with Crippen LogP contribution in [0.1, 0.15) is 32.1 Å². The molecular weight excluding hydrogens is 294 g/mol. The molecule has 1 rings (SSSR count). The smallest absolute Gasteiger partial charge is 0.304 e. The molecule has 7 heteroatoms. The molecule has 0 aromatic heterocycles. The van der Waals surface area contributed by atoms with Crippen molar-refractivity contribution < 1.29 is 12.3 Å². The van der Waals surface area contributed by atoms with Crippen LogP contribution in [0.25, 0.3) is 0 Å². The summed E-state index contributed by atoms with van der Waals surface area (Å²) in [7, 11) is -7.65. The molecule has 1 aliphatic rings. The molecule has 114 valence electrons. The van der Waals surface area contributed by atoms with Crippen molar-refractivity contribution in [2.24, 2.45) is 0 Å². The maximum Gasteiger partial charge on any atom is 0.322 e. The van der Waals surface area contributed by atoms with E-state index in [1.54, 1.807) is 3.97 Å². The average Bonchev–Trinajstić information content (AvgIpc) is 2.11. The second kappa shape index (κ2) is 5.97. The Balaban J connectivity index is 3.03. The van der Waals surface area contributed by atoms with E-state index in [0.717, 1.165) is 25.7 Å². The molecule has 0 atom stereocenters. The SMILES string of the molecule is C[Si](C)(C)OS(=O)(=O)N(C1CCCCC1)[Si](C)(C)C. The van der Waals surface area contributed by atoms with Gasteiger partial charge in [0.2, 0.25) is 8.32 Å². The normalized spacial score (nSPS) is 19.9. The molecular formula is C12H29NO3SSi2. The molecule has 0 heterocycles. The maximum atomic E-state index is 12.7. The molecule has 1 saturated carbocycles. The fraction of sp³-hybridized carbons (Fsp3) is 1.00. The lowest BCUT2D eigenvalue weighted by atomic mass is 9.96. The maximum absolute atomic E-state index is 12.7. The number of hydrogen-bond acceptors (Lipinski definition) is 3. The van der Waals surface area contributed by atoms with Gasteiger partial charge in [-0.15, -0.1) is 0 Å². The van der Waals surface area contributed by atoms with Crippen LogP contribution in [0.2, 0.25) is 39.3 Å². The van der Waals surface area contributed by atoms with Gasteiger partial charge in [-0.1, -0.05) is 38.9 Å². The monoisotopic (exact) mass is 323 g/mol. The van der Waals surface area contributed by atoms with Gasteiger partial charge in [-0.25, -0.2) is 0 Å². The van der Waals surface area contributed by atoms with Crippen LogP contribution < -0.4 is 0 Å². The van der Waals surface area contributed by atoms with E-state index in [4.69, 9.17) is 3.87 Å². The van der Waals surface area contributed by atoms with E-state index in [0.29, 0.717) is 0 Å². The third-order valence-electron chi connectivity index (χ3n) is 3.16. The van der Waals surface area contributed by atoms with Crippen LogP contribution >= 0.6 is 0 Å². The highest BCUT2D eigenvalue weighted by Crippen LogP contribution is 2.30. The summed E-state index contributed by atoms with van der Waals surface area (Å²) in [5.41, 5.74) is 0. The molecule has 0 aromatic carbocycles. The van der Waals surface area contributed by atoms with Crippen LogP contribution in [-0.2, 0) is 14.2 Å². The number of nitrogens with zero attached hydrogens (tertiary/aromatic N) is 1. The van der Waals surface area contributed by atoms with E-state index in [9.17, 15) is 8.42 Å². The first-order chi connectivity index (χ1) is 8.43. The summed E-state index contributed by atoms with van der Waals surface area (Å²) in [6.45, 7) is 12.0. The van der Waals surface area contributed by atoms with Gasteiger partial charge < -0.3 is 3.87 Å². The molecule has 0 unspecified atom stereocenters. The predicted octanol–water partition coefficient (Wildman–Crippen LogP) is 3.55. The summed E-state index contributed by atoms with van der Waals surface area (Å²) in [4.78, 5) is 0. The van der Waals surface area contributed by atoms with Crippen molar-refractivity contribution in [3.8, 4) is 0 Å². The molecule has 0 aromatic rings. The molecule has 0 aliphatic heterocycles. The lowest BCUT2D eigenvalue weighted by Gasteiger charge is -2.41. The van der Waals surface area contributed by atoms with E-state index in [1.807, 2.05) is 19.6 Å². The predicted molar refractivity (Wildman–Crippen MR) is 85.4 cm³/mol. The van der Waals surface area contributed by atoms with E-state index in [2.05, 4.69) is 19.6 Å². The summed E-state index contributed by atoms with van der Waals surface area (Å²) in [5.74, 6) is 0. The molecule has 1 fully saturated rings. The quantitative estimate of drug-likeness (QED) is 0.727. The van der Waals surface area contributed by atoms with Crippen molar-refractivity contribution in [1.29, 1.82) is 0 Å². The van der Waals surface area contributed by atoms with Crippen LogP contribution in [0.15, 0.2) is 0 Å². The van der Waals surface area contributed by atoms with Gasteiger partial charge in [-0.3, -0.25) is 0 Å². The zero-order valence-corrected chi connectivity index (χ0v) is 16.0. The van der Waals surface area contributed by atoms with Crippen molar-refractivity contribution in [3.63, 3.8) is 0 Å². The van der Waals surface area contributed by atoms with Gasteiger partial charge >= 0.3 is 10.3 Å². The summed E-state index contributed by atoms with van der Waals surface area (Å²) in [6.07, 6.45) is 5.46. The minimum Gasteiger partial charge on any atom is -0.304 e. The Kier molecular flexibility index (Phi) is 5.45. The molecule has 19 heavy (non-hydrogen) atoms. The Morgan fingerprint density at radius 1 is 0.947 bits per heavy atom. The number of hydrogen-bond donors (Lipinski definition) is 0. The summed E-state index contributed by atoms with van der Waals surface area (Å²) in [6, 6.07) is 0.154. The Bertz CT molecular complexity index is 392. The highest BCUT2D eigenvalue weighted by Gasteiger charge is 2.42. The van der Waals surface area contributed by atoms with Crippen molar-refractivity contribution >= 4 is 26.9 Å². The van der Waals surface area contributed by atoms with Crippen LogP contribution in [-0.4, -0.2) is 35.0 Å². The summed E-state index contributed by atoms with van der Waals surface area (Å²) >= 11 is 0. The van der Waals surface area contributed by atoms with E-state index in [-0.39, 0.29) is 6.04 Å². The highest BCUT2D eigenvalue weighted by molar-refractivity contribution is 7.86. The third kappa shape index (κ3) is 5.30. The lowest BCUT2D eigenvalue weighted by molar-refractivity contribution is 0.305. The standard InChI is InChI=1S/C12H29NO3SSi2/c1-18(2,3)13(12-10-8-7-9-11-12)17(14,15)16-19(4,5)6/h12H,7-11H2,1-6H3.